The maximum absolute atomic E-state index is 13.5. The molecule has 0 bridgehead atoms. The fraction of sp³-hybridized carbons (Fsp3) is 0.654. The molecule has 13 heteroatoms. The number of hydrogen-bond donors (Lipinski definition) is 1. The molecule has 0 radical (unpaired) electrons. The third kappa shape index (κ3) is 7.90. The number of hydrogen-bond acceptors (Lipinski definition) is 8. The Morgan fingerprint density at radius 2 is 1.54 bits per heavy atom. The maximum atomic E-state index is 13.5. The van der Waals surface area contributed by atoms with E-state index in [0.29, 0.717) is 57.6 Å². The first-order valence-electron chi connectivity index (χ1n) is 13.5. The van der Waals surface area contributed by atoms with Crippen molar-refractivity contribution in [1.82, 2.24) is 35.1 Å². The van der Waals surface area contributed by atoms with Crippen molar-refractivity contribution in [1.29, 1.82) is 0 Å². The zero-order valence-corrected chi connectivity index (χ0v) is 22.9. The molecule has 2 aromatic heterocycles. The molecule has 1 N–H and O–H groups in total. The molecule has 4 rings (SSSR count). The van der Waals surface area contributed by atoms with E-state index in [9.17, 15) is 18.0 Å². The quantitative estimate of drug-likeness (QED) is 0.527. The Morgan fingerprint density at radius 3 is 2.15 bits per heavy atom. The number of unbranched alkanes of at least 4 members (excludes halogenated alkanes) is 1. The Hall–Kier alpha value is -3.22. The predicted octanol–water partition coefficient (Wildman–Crippen LogP) is 3.02. The number of alkyl halides is 3. The summed E-state index contributed by atoms with van der Waals surface area (Å²) in [5.74, 6) is 1.22. The van der Waals surface area contributed by atoms with Gasteiger partial charge in [-0.25, -0.2) is 24.7 Å². The number of urea groups is 1. The molecule has 4 heterocycles. The van der Waals surface area contributed by atoms with Gasteiger partial charge in [-0.05, 0) is 25.5 Å². The number of amides is 2. The van der Waals surface area contributed by atoms with Crippen LogP contribution in [0.2, 0.25) is 0 Å². The number of carbonyl (C=O) groups is 1. The fourth-order valence-electron chi connectivity index (χ4n) is 4.61. The highest BCUT2D eigenvalue weighted by molar-refractivity contribution is 5.74. The number of nitrogens with one attached hydrogen (secondary N) is 1. The Balaban J connectivity index is 1.15. The summed E-state index contributed by atoms with van der Waals surface area (Å²) < 4.78 is 40.4. The molecule has 0 spiro atoms. The van der Waals surface area contributed by atoms with Crippen LogP contribution in [0.5, 0.6) is 0 Å². The number of anilines is 2. The molecule has 2 aliphatic heterocycles. The van der Waals surface area contributed by atoms with Gasteiger partial charge < -0.3 is 20.0 Å². The lowest BCUT2D eigenvalue weighted by molar-refractivity contribution is -0.141. The Labute approximate surface area is 227 Å². The van der Waals surface area contributed by atoms with Gasteiger partial charge in [0.1, 0.15) is 17.3 Å². The van der Waals surface area contributed by atoms with Crippen LogP contribution in [0.25, 0.3) is 0 Å². The lowest BCUT2D eigenvalue weighted by atomic mass is 9.95. The van der Waals surface area contributed by atoms with E-state index in [-0.39, 0.29) is 11.9 Å². The minimum absolute atomic E-state index is 0.0463. The van der Waals surface area contributed by atoms with Crippen LogP contribution in [0.3, 0.4) is 0 Å². The second-order valence-corrected chi connectivity index (χ2v) is 11.0. The van der Waals surface area contributed by atoms with E-state index >= 15 is 0 Å². The molecular weight excluding hydrogens is 511 g/mol. The highest BCUT2D eigenvalue weighted by atomic mass is 19.4. The van der Waals surface area contributed by atoms with Crippen molar-refractivity contribution < 1.29 is 18.0 Å². The van der Waals surface area contributed by atoms with Crippen LogP contribution in [0, 0.1) is 0 Å². The van der Waals surface area contributed by atoms with Crippen molar-refractivity contribution >= 4 is 17.8 Å². The van der Waals surface area contributed by atoms with E-state index in [2.05, 4.69) is 35.1 Å². The van der Waals surface area contributed by atoms with Crippen molar-refractivity contribution in [3.05, 3.63) is 36.0 Å². The number of aromatic nitrogens is 4. The molecule has 2 aromatic rings. The number of carbonyl (C=O) groups excluding carboxylic acids is 1. The van der Waals surface area contributed by atoms with Crippen LogP contribution in [0.15, 0.2) is 24.5 Å². The van der Waals surface area contributed by atoms with E-state index in [1.165, 1.54) is 0 Å². The van der Waals surface area contributed by atoms with E-state index in [1.807, 2.05) is 30.6 Å². The fourth-order valence-corrected chi connectivity index (χ4v) is 4.61. The third-order valence-electron chi connectivity index (χ3n) is 6.95. The molecule has 0 aromatic carbocycles. The Kier molecular flexibility index (Phi) is 9.08. The summed E-state index contributed by atoms with van der Waals surface area (Å²) in [4.78, 5) is 37.4. The Bertz CT molecular complexity index is 1050. The van der Waals surface area contributed by atoms with Crippen LogP contribution in [-0.4, -0.2) is 101 Å². The second-order valence-electron chi connectivity index (χ2n) is 11.0. The molecule has 0 saturated carbocycles. The van der Waals surface area contributed by atoms with Gasteiger partial charge in [-0.1, -0.05) is 20.8 Å². The van der Waals surface area contributed by atoms with E-state index in [1.54, 1.807) is 18.5 Å². The second kappa shape index (κ2) is 12.3. The van der Waals surface area contributed by atoms with Crippen LogP contribution < -0.4 is 15.1 Å². The van der Waals surface area contributed by atoms with E-state index in [4.69, 9.17) is 0 Å². The van der Waals surface area contributed by atoms with Gasteiger partial charge >= 0.3 is 12.2 Å². The summed E-state index contributed by atoms with van der Waals surface area (Å²) in [6.07, 6.45) is 0.712. The van der Waals surface area contributed by atoms with Gasteiger partial charge in [-0.2, -0.15) is 13.2 Å². The monoisotopic (exact) mass is 549 g/mol. The Morgan fingerprint density at radius 1 is 0.897 bits per heavy atom. The van der Waals surface area contributed by atoms with Gasteiger partial charge in [-0.3, -0.25) is 4.90 Å². The number of rotatable bonds is 7. The summed E-state index contributed by atoms with van der Waals surface area (Å²) >= 11 is 0. The first-order chi connectivity index (χ1) is 18.5. The van der Waals surface area contributed by atoms with Gasteiger partial charge in [-0.15, -0.1) is 0 Å². The highest BCUT2D eigenvalue weighted by Gasteiger charge is 2.36. The van der Waals surface area contributed by atoms with Gasteiger partial charge in [0.15, 0.2) is 0 Å². The van der Waals surface area contributed by atoms with Crippen LogP contribution in [0.4, 0.5) is 29.7 Å². The molecular formula is C26H38F3N9O. The average molecular weight is 550 g/mol. The normalized spacial score (nSPS) is 17.4. The smallest absolute Gasteiger partial charge is 0.354 e. The molecule has 2 fully saturated rings. The largest absolute Gasteiger partial charge is 0.433 e. The van der Waals surface area contributed by atoms with Gasteiger partial charge in [0, 0.05) is 82.8 Å². The third-order valence-corrected chi connectivity index (χ3v) is 6.95. The SMILES string of the molecule is CC(C)(C)c1nc(N2CCN(CCCCNC(=O)N3CCN(c4ncccn4)CC3)CC2)cc(C(F)(F)F)n1. The predicted molar refractivity (Wildman–Crippen MR) is 143 cm³/mol. The summed E-state index contributed by atoms with van der Waals surface area (Å²) in [6.45, 7) is 12.3. The molecule has 0 unspecified atom stereocenters. The average Bonchev–Trinajstić information content (AvgIpc) is 2.92. The zero-order chi connectivity index (χ0) is 28.0. The van der Waals surface area contributed by atoms with Crippen molar-refractivity contribution in [3.63, 3.8) is 0 Å². The first-order valence-corrected chi connectivity index (χ1v) is 13.5. The van der Waals surface area contributed by atoms with Crippen molar-refractivity contribution in [2.75, 3.05) is 75.2 Å². The van der Waals surface area contributed by atoms with Gasteiger partial charge in [0.25, 0.3) is 0 Å². The molecule has 214 valence electrons. The van der Waals surface area contributed by atoms with Gasteiger partial charge in [0.2, 0.25) is 5.95 Å². The lowest BCUT2D eigenvalue weighted by Crippen LogP contribution is -2.52. The zero-order valence-electron chi connectivity index (χ0n) is 22.9. The molecule has 39 heavy (non-hydrogen) atoms. The summed E-state index contributed by atoms with van der Waals surface area (Å²) in [5.41, 5.74) is -1.48. The first kappa shape index (κ1) is 28.8. The minimum Gasteiger partial charge on any atom is -0.354 e. The highest BCUT2D eigenvalue weighted by Crippen LogP contribution is 2.32. The van der Waals surface area contributed by atoms with E-state index < -0.39 is 17.3 Å². The topological polar surface area (TPSA) is 93.6 Å². The molecule has 0 atom stereocenters. The molecule has 10 nitrogen and oxygen atoms in total. The van der Waals surface area contributed by atoms with Gasteiger partial charge in [0.05, 0.1) is 0 Å². The maximum Gasteiger partial charge on any atom is 0.433 e. The van der Waals surface area contributed by atoms with E-state index in [0.717, 1.165) is 38.5 Å². The number of halogens is 3. The number of piperazine rings is 2. The van der Waals surface area contributed by atoms with Crippen molar-refractivity contribution in [2.24, 2.45) is 0 Å². The molecule has 2 amide bonds. The number of nitrogens with zero attached hydrogens (tertiary/aromatic N) is 8. The summed E-state index contributed by atoms with van der Waals surface area (Å²) in [5, 5.41) is 3.01. The lowest BCUT2D eigenvalue weighted by Gasteiger charge is -2.36. The van der Waals surface area contributed by atoms with Crippen molar-refractivity contribution in [2.45, 2.75) is 45.2 Å². The minimum atomic E-state index is -4.51. The molecule has 0 aliphatic carbocycles. The molecule has 2 aliphatic rings. The summed E-state index contributed by atoms with van der Waals surface area (Å²) in [7, 11) is 0. The van der Waals surface area contributed by atoms with Crippen LogP contribution >= 0.6 is 0 Å². The summed E-state index contributed by atoms with van der Waals surface area (Å²) in [6, 6.07) is 2.80. The van der Waals surface area contributed by atoms with Crippen molar-refractivity contribution in [3.8, 4) is 0 Å². The molecule has 2 saturated heterocycles. The van der Waals surface area contributed by atoms with Crippen LogP contribution in [-0.2, 0) is 11.6 Å². The standard InChI is InChI=1S/C26H38F3N9O/c1-25(2,3)22-33-20(26(27,28)29)19-21(34-22)36-13-11-35(12-14-36)10-5-4-7-32-24(39)38-17-15-37(16-18-38)23-30-8-6-9-31-23/h6,8-9,19H,4-5,7,10-18H2,1-3H3,(H,32,39). The van der Waals surface area contributed by atoms with Crippen LogP contribution in [0.1, 0.15) is 45.1 Å².